The number of aromatic nitrogens is 2. The first-order chi connectivity index (χ1) is 16.8. The molecule has 0 fully saturated rings. The molecule has 2 atom stereocenters. The first-order valence-corrected chi connectivity index (χ1v) is 15.1. The van der Waals surface area contributed by atoms with Crippen molar-refractivity contribution in [2.24, 2.45) is 10.7 Å². The van der Waals surface area contributed by atoms with Crippen LogP contribution in [0.2, 0.25) is 5.02 Å². The van der Waals surface area contributed by atoms with Crippen molar-refractivity contribution in [2.45, 2.75) is 43.3 Å². The highest BCUT2D eigenvalue weighted by molar-refractivity contribution is 8.00. The van der Waals surface area contributed by atoms with Gasteiger partial charge in [0.1, 0.15) is 17.5 Å². The number of thioether (sulfide) groups is 1. The summed E-state index contributed by atoms with van der Waals surface area (Å²) in [6.45, 7) is 2.51. The van der Waals surface area contributed by atoms with E-state index in [1.54, 1.807) is 9.36 Å². The van der Waals surface area contributed by atoms with Crippen LogP contribution < -0.4 is 15.4 Å². The lowest BCUT2D eigenvalue weighted by Crippen LogP contribution is -2.31. The number of nitrogens with zero attached hydrogens (tertiary/aromatic N) is 3. The zero-order chi connectivity index (χ0) is 27.0. The Hall–Kier alpha value is -1.96. The van der Waals surface area contributed by atoms with E-state index >= 15 is 0 Å². The second-order valence-corrected chi connectivity index (χ2v) is 12.7. The number of aliphatic carboxylic acids is 1. The first-order valence-electron chi connectivity index (χ1n) is 10.6. The molecule has 0 saturated heterocycles. The molecular formula is C20H27ClFN4O7PS2. The number of hydrogen-bond acceptors (Lipinski definition) is 9. The fourth-order valence-corrected chi connectivity index (χ4v) is 5.68. The fourth-order valence-electron chi connectivity index (χ4n) is 2.93. The van der Waals surface area contributed by atoms with Gasteiger partial charge >= 0.3 is 16.8 Å². The maximum absolute atomic E-state index is 14.3. The van der Waals surface area contributed by atoms with Crippen LogP contribution in [0.1, 0.15) is 19.3 Å². The van der Waals surface area contributed by atoms with Crippen LogP contribution in [0.3, 0.4) is 0 Å². The minimum atomic E-state index is -3.10. The summed E-state index contributed by atoms with van der Waals surface area (Å²) in [6, 6.07) is 1.61. The van der Waals surface area contributed by atoms with E-state index in [9.17, 15) is 23.3 Å². The molecule has 2 heterocycles. The van der Waals surface area contributed by atoms with Crippen LogP contribution in [0.25, 0.3) is 0 Å². The van der Waals surface area contributed by atoms with Crippen LogP contribution >= 0.6 is 42.1 Å². The van der Waals surface area contributed by atoms with Gasteiger partial charge in [-0.05, 0) is 42.7 Å². The number of halogens is 2. The Balaban J connectivity index is 0.000000352. The number of rotatable bonds is 8. The molecule has 1 aromatic heterocycles. The van der Waals surface area contributed by atoms with Crippen molar-refractivity contribution < 1.29 is 33.3 Å². The van der Waals surface area contributed by atoms with Gasteiger partial charge < -0.3 is 20.5 Å². The molecule has 1 aliphatic rings. The minimum absolute atomic E-state index is 0.0412. The number of hydrogen-bond donors (Lipinski definition) is 3. The van der Waals surface area contributed by atoms with E-state index in [1.807, 2.05) is 0 Å². The van der Waals surface area contributed by atoms with Gasteiger partial charge in [-0.15, -0.1) is 11.8 Å². The number of methoxy groups -OCH3 is 1. The highest BCUT2D eigenvalue weighted by Gasteiger charge is 2.17. The Kier molecular flexibility index (Phi) is 11.4. The topological polar surface area (TPSA) is 166 Å². The summed E-state index contributed by atoms with van der Waals surface area (Å²) in [7, 11) is -1.81. The zero-order valence-electron chi connectivity index (χ0n) is 19.6. The van der Waals surface area contributed by atoms with Gasteiger partial charge in [0.05, 0.1) is 17.9 Å². The second kappa shape index (κ2) is 13.5. The third-order valence-electron chi connectivity index (χ3n) is 4.85. The van der Waals surface area contributed by atoms with E-state index < -0.39 is 31.2 Å². The maximum atomic E-state index is 14.3. The summed E-state index contributed by atoms with van der Waals surface area (Å²) in [5.41, 5.74) is 5.17. The second-order valence-electron chi connectivity index (χ2n) is 7.82. The third kappa shape index (κ3) is 9.16. The maximum Gasteiger partial charge on any atom is 0.325 e. The molecule has 36 heavy (non-hydrogen) atoms. The molecule has 0 bridgehead atoms. The number of fused-ring (bicyclic) bond motifs is 1. The summed E-state index contributed by atoms with van der Waals surface area (Å²) >= 11 is 8.17. The number of carboxylic acid groups (broad SMARTS) is 1. The predicted octanol–water partition coefficient (Wildman–Crippen LogP) is 2.48. The van der Waals surface area contributed by atoms with Gasteiger partial charge in [-0.2, -0.15) is 0 Å². The lowest BCUT2D eigenvalue weighted by atomic mass is 10.2. The number of benzene rings is 1. The molecule has 0 aliphatic carbocycles. The Morgan fingerprint density at radius 1 is 1.36 bits per heavy atom. The standard InChI is InChI=1S/C15H15ClFN3O3S2.C5H12NO4P/c1-23-13(21)8-24-12-7-11(10(17)6-9(12)16)18-14-19-4-2-3-5-20(19)15(22)25-14;1-11(9,10)3-2-4(6)5(7)8/h6-7H,2-5,8H2,1H3;4H,2-3,6H2,1H3,(H,7,8)(H,9,10)/b18-14-;. The third-order valence-corrected chi connectivity index (χ3v) is 8.27. The van der Waals surface area contributed by atoms with Crippen molar-refractivity contribution in [3.05, 3.63) is 37.4 Å². The Morgan fingerprint density at radius 2 is 2.00 bits per heavy atom. The largest absolute Gasteiger partial charge is 0.480 e. The van der Waals surface area contributed by atoms with E-state index in [4.69, 9.17) is 27.3 Å². The molecule has 0 spiro atoms. The van der Waals surface area contributed by atoms with Crippen molar-refractivity contribution in [1.29, 1.82) is 0 Å². The molecule has 4 N–H and O–H groups in total. The summed E-state index contributed by atoms with van der Waals surface area (Å²) < 4.78 is 32.9. The monoisotopic (exact) mass is 584 g/mol. The molecule has 0 saturated carbocycles. The van der Waals surface area contributed by atoms with Gasteiger partial charge in [-0.3, -0.25) is 23.6 Å². The molecule has 2 aromatic rings. The SMILES string of the molecule is COC(=O)CSc1cc(/N=c2\sc(=O)n3n2CCCC3)c(F)cc1Cl.CP(=O)(O)CCC(N)C(=O)O. The Morgan fingerprint density at radius 3 is 2.58 bits per heavy atom. The van der Waals surface area contributed by atoms with Crippen LogP contribution in [0, 0.1) is 5.82 Å². The van der Waals surface area contributed by atoms with E-state index in [0.29, 0.717) is 22.8 Å². The van der Waals surface area contributed by atoms with Crippen LogP contribution in [-0.2, 0) is 32.0 Å². The van der Waals surface area contributed by atoms with Crippen LogP contribution in [0.15, 0.2) is 26.8 Å². The molecule has 16 heteroatoms. The van der Waals surface area contributed by atoms with Gasteiger partial charge in [0.2, 0.25) is 4.80 Å². The smallest absolute Gasteiger partial charge is 0.325 e. The van der Waals surface area contributed by atoms with Gasteiger partial charge in [0, 0.05) is 30.8 Å². The number of carbonyl (C=O) groups excluding carboxylic acids is 1. The fraction of sp³-hybridized carbons (Fsp3) is 0.500. The molecule has 11 nitrogen and oxygen atoms in total. The molecule has 1 aromatic carbocycles. The van der Waals surface area contributed by atoms with Crippen LogP contribution in [0.5, 0.6) is 0 Å². The van der Waals surface area contributed by atoms with Gasteiger partial charge in [0.15, 0.2) is 7.37 Å². The highest BCUT2D eigenvalue weighted by Crippen LogP contribution is 2.36. The number of esters is 1. The average molecular weight is 585 g/mol. The lowest BCUT2D eigenvalue weighted by Gasteiger charge is -2.15. The van der Waals surface area contributed by atoms with Gasteiger partial charge in [0.25, 0.3) is 0 Å². The lowest BCUT2D eigenvalue weighted by molar-refractivity contribution is -0.139. The summed E-state index contributed by atoms with van der Waals surface area (Å²) in [6.07, 6.45) is 1.90. The van der Waals surface area contributed by atoms with E-state index in [1.165, 1.54) is 19.8 Å². The molecule has 1 aliphatic heterocycles. The minimum Gasteiger partial charge on any atom is -0.480 e. The number of carbonyl (C=O) groups is 2. The summed E-state index contributed by atoms with van der Waals surface area (Å²) in [4.78, 5) is 47.4. The van der Waals surface area contributed by atoms with Crippen molar-refractivity contribution in [3.63, 3.8) is 0 Å². The van der Waals surface area contributed by atoms with E-state index in [0.717, 1.165) is 42.0 Å². The van der Waals surface area contributed by atoms with E-state index in [-0.39, 0.29) is 33.9 Å². The van der Waals surface area contributed by atoms with Crippen LogP contribution in [0.4, 0.5) is 10.1 Å². The van der Waals surface area contributed by atoms with Gasteiger partial charge in [-0.25, -0.2) is 14.1 Å². The van der Waals surface area contributed by atoms with Crippen molar-refractivity contribution in [1.82, 2.24) is 9.36 Å². The van der Waals surface area contributed by atoms with Gasteiger partial charge in [-0.1, -0.05) is 11.6 Å². The molecular weight excluding hydrogens is 558 g/mol. The van der Waals surface area contributed by atoms with E-state index in [2.05, 4.69) is 9.73 Å². The first kappa shape index (κ1) is 30.3. The molecule has 3 rings (SSSR count). The van der Waals surface area contributed by atoms with Crippen molar-refractivity contribution in [3.8, 4) is 0 Å². The summed E-state index contributed by atoms with van der Waals surface area (Å²) in [5.74, 6) is -2.06. The number of carboxylic acids is 1. The number of nitrogens with two attached hydrogens (primary N) is 1. The predicted molar refractivity (Wildman–Crippen MR) is 136 cm³/mol. The normalized spacial score (nSPS) is 15.8. The Bertz CT molecular complexity index is 1270. The molecule has 0 amide bonds. The molecule has 200 valence electrons. The van der Waals surface area contributed by atoms with Crippen molar-refractivity contribution >= 4 is 59.7 Å². The average Bonchev–Trinajstić information content (AvgIpc) is 3.13. The molecule has 0 radical (unpaired) electrons. The molecule has 2 unspecified atom stereocenters. The quantitative estimate of drug-likeness (QED) is 0.240. The van der Waals surface area contributed by atoms with Crippen LogP contribution in [-0.4, -0.2) is 63.0 Å². The summed E-state index contributed by atoms with van der Waals surface area (Å²) in [5, 5.41) is 8.48. The number of ether oxygens (including phenoxy) is 1. The Labute approximate surface area is 219 Å². The van der Waals surface area contributed by atoms with Crippen molar-refractivity contribution in [2.75, 3.05) is 25.7 Å². The highest BCUT2D eigenvalue weighted by atomic mass is 35.5. The zero-order valence-corrected chi connectivity index (χ0v) is 22.8.